The maximum atomic E-state index is 5.63. The number of hydrogen-bond donors (Lipinski definition) is 1. The Hall–Kier alpha value is -2.67. The van der Waals surface area contributed by atoms with Gasteiger partial charge in [0.2, 0.25) is 0 Å². The van der Waals surface area contributed by atoms with Gasteiger partial charge in [-0.25, -0.2) is 14.5 Å². The summed E-state index contributed by atoms with van der Waals surface area (Å²) in [5.74, 6) is 1.61. The van der Waals surface area contributed by atoms with Crippen molar-refractivity contribution in [3.05, 3.63) is 41.3 Å². The van der Waals surface area contributed by atoms with E-state index in [1.165, 1.54) is 23.3 Å². The van der Waals surface area contributed by atoms with Gasteiger partial charge in [-0.2, -0.15) is 5.10 Å². The monoisotopic (exact) mass is 351 g/mol. The lowest BCUT2D eigenvalue weighted by atomic mass is 9.97. The summed E-state index contributed by atoms with van der Waals surface area (Å²) in [5.41, 5.74) is 3.22. The molecule has 1 N–H and O–H groups in total. The van der Waals surface area contributed by atoms with Gasteiger partial charge in [-0.15, -0.1) is 11.3 Å². The van der Waals surface area contributed by atoms with E-state index in [2.05, 4.69) is 20.4 Å². The lowest BCUT2D eigenvalue weighted by Gasteiger charge is -2.14. The molecule has 0 unspecified atom stereocenters. The van der Waals surface area contributed by atoms with Crippen LogP contribution < -0.4 is 10.1 Å². The number of aryl methyl sites for hydroxylation is 2. The summed E-state index contributed by atoms with van der Waals surface area (Å²) in [6, 6.07) is 3.90. The highest BCUT2D eigenvalue weighted by Crippen LogP contribution is 2.40. The number of nitrogens with one attached hydrogen (secondary N) is 1. The summed E-state index contributed by atoms with van der Waals surface area (Å²) >= 11 is 1.80. The van der Waals surface area contributed by atoms with Gasteiger partial charge in [0.15, 0.2) is 5.75 Å². The predicted octanol–water partition coefficient (Wildman–Crippen LogP) is 3.97. The second-order valence-corrected chi connectivity index (χ2v) is 7.25. The summed E-state index contributed by atoms with van der Waals surface area (Å²) in [6.07, 6.45) is 10.1. The van der Waals surface area contributed by atoms with E-state index in [0.29, 0.717) is 0 Å². The Morgan fingerprint density at radius 3 is 3.04 bits per heavy atom. The molecule has 4 aromatic heterocycles. The summed E-state index contributed by atoms with van der Waals surface area (Å²) in [4.78, 5) is 11.6. The molecule has 0 amide bonds. The topological polar surface area (TPSA) is 64.3 Å². The van der Waals surface area contributed by atoms with Crippen molar-refractivity contribution in [3.8, 4) is 5.75 Å². The predicted molar refractivity (Wildman–Crippen MR) is 99.1 cm³/mol. The Bertz CT molecular complexity index is 1080. The van der Waals surface area contributed by atoms with Gasteiger partial charge < -0.3 is 10.1 Å². The van der Waals surface area contributed by atoms with E-state index in [1.807, 2.05) is 18.3 Å². The maximum absolute atomic E-state index is 5.63. The molecule has 0 bridgehead atoms. The molecule has 7 heteroatoms. The van der Waals surface area contributed by atoms with E-state index in [4.69, 9.17) is 4.74 Å². The summed E-state index contributed by atoms with van der Waals surface area (Å²) < 4.78 is 7.43. The molecule has 0 saturated heterocycles. The zero-order valence-corrected chi connectivity index (χ0v) is 14.6. The third kappa shape index (κ3) is 2.26. The minimum atomic E-state index is 0.760. The number of nitrogens with zero attached hydrogens (tertiary/aromatic N) is 4. The SMILES string of the molecule is COc1c(Nc2ncnc3sc4c(c23)CCCC4)ccn2nccc12. The molecule has 0 fully saturated rings. The highest BCUT2D eigenvalue weighted by Gasteiger charge is 2.20. The number of aromatic nitrogens is 4. The second kappa shape index (κ2) is 5.70. The molecule has 0 atom stereocenters. The first kappa shape index (κ1) is 14.7. The average Bonchev–Trinajstić information content (AvgIpc) is 3.26. The molecule has 1 aliphatic rings. The van der Waals surface area contributed by atoms with E-state index in [1.54, 1.807) is 35.5 Å². The molecule has 4 heterocycles. The van der Waals surface area contributed by atoms with Crippen LogP contribution in [0.15, 0.2) is 30.9 Å². The number of hydrogen-bond acceptors (Lipinski definition) is 6. The number of methoxy groups -OCH3 is 1. The highest BCUT2D eigenvalue weighted by atomic mass is 32.1. The lowest BCUT2D eigenvalue weighted by molar-refractivity contribution is 0.419. The van der Waals surface area contributed by atoms with Crippen LogP contribution in [0.5, 0.6) is 5.75 Å². The molecule has 0 aromatic carbocycles. The van der Waals surface area contributed by atoms with Crippen LogP contribution in [0.1, 0.15) is 23.3 Å². The molecule has 0 saturated carbocycles. The largest absolute Gasteiger partial charge is 0.492 e. The Morgan fingerprint density at radius 2 is 2.12 bits per heavy atom. The van der Waals surface area contributed by atoms with Crippen molar-refractivity contribution in [3.63, 3.8) is 0 Å². The van der Waals surface area contributed by atoms with Gasteiger partial charge in [-0.1, -0.05) is 0 Å². The zero-order chi connectivity index (χ0) is 16.8. The van der Waals surface area contributed by atoms with E-state index in [0.717, 1.165) is 45.8 Å². The van der Waals surface area contributed by atoms with Crippen molar-refractivity contribution >= 4 is 38.6 Å². The van der Waals surface area contributed by atoms with E-state index in [-0.39, 0.29) is 0 Å². The summed E-state index contributed by atoms with van der Waals surface area (Å²) in [5, 5.41) is 8.90. The molecule has 0 radical (unpaired) electrons. The van der Waals surface area contributed by atoms with Gasteiger partial charge in [0, 0.05) is 11.1 Å². The fraction of sp³-hybridized carbons (Fsp3) is 0.278. The van der Waals surface area contributed by atoms with Crippen LogP contribution in [0.3, 0.4) is 0 Å². The lowest BCUT2D eigenvalue weighted by Crippen LogP contribution is -2.02. The van der Waals surface area contributed by atoms with Crippen LogP contribution >= 0.6 is 11.3 Å². The van der Waals surface area contributed by atoms with Crippen molar-refractivity contribution < 1.29 is 4.74 Å². The van der Waals surface area contributed by atoms with Gasteiger partial charge in [0.05, 0.1) is 24.4 Å². The Kier molecular flexibility index (Phi) is 3.34. The second-order valence-electron chi connectivity index (χ2n) is 6.16. The summed E-state index contributed by atoms with van der Waals surface area (Å²) in [6.45, 7) is 0. The molecule has 4 aromatic rings. The van der Waals surface area contributed by atoms with Crippen LogP contribution in [0.25, 0.3) is 15.7 Å². The van der Waals surface area contributed by atoms with Crippen LogP contribution in [-0.2, 0) is 12.8 Å². The number of thiophene rings is 1. The maximum Gasteiger partial charge on any atom is 0.168 e. The first-order valence-electron chi connectivity index (χ1n) is 8.38. The molecule has 126 valence electrons. The number of pyridine rings is 1. The first-order valence-corrected chi connectivity index (χ1v) is 9.19. The minimum absolute atomic E-state index is 0.760. The smallest absolute Gasteiger partial charge is 0.168 e. The van der Waals surface area contributed by atoms with Crippen molar-refractivity contribution in [2.24, 2.45) is 0 Å². The van der Waals surface area contributed by atoms with Crippen molar-refractivity contribution in [2.45, 2.75) is 25.7 Å². The third-order valence-corrected chi connectivity index (χ3v) is 5.94. The summed E-state index contributed by atoms with van der Waals surface area (Å²) in [7, 11) is 1.68. The molecular weight excluding hydrogens is 334 g/mol. The standard InChI is InChI=1S/C18H17N5OS/c1-24-16-12(7-9-23-13(16)6-8-21-23)22-17-15-11-4-2-3-5-14(11)25-18(15)20-10-19-17/h6-10H,2-5H2,1H3,(H,19,20,22). The van der Waals surface area contributed by atoms with Crippen molar-refractivity contribution in [2.75, 3.05) is 12.4 Å². The van der Waals surface area contributed by atoms with Crippen LogP contribution in [0.4, 0.5) is 11.5 Å². The third-order valence-electron chi connectivity index (χ3n) is 4.74. The van der Waals surface area contributed by atoms with Crippen LogP contribution in [0, 0.1) is 0 Å². The number of rotatable bonds is 3. The minimum Gasteiger partial charge on any atom is -0.492 e. The van der Waals surface area contributed by atoms with Gasteiger partial charge in [0.25, 0.3) is 0 Å². The van der Waals surface area contributed by atoms with Crippen molar-refractivity contribution in [1.29, 1.82) is 0 Å². The van der Waals surface area contributed by atoms with Gasteiger partial charge in [-0.05, 0) is 43.4 Å². The zero-order valence-electron chi connectivity index (χ0n) is 13.8. The first-order chi connectivity index (χ1) is 12.3. The Balaban J connectivity index is 1.66. The van der Waals surface area contributed by atoms with Gasteiger partial charge in [0.1, 0.15) is 22.5 Å². The molecule has 0 spiro atoms. The van der Waals surface area contributed by atoms with E-state index < -0.39 is 0 Å². The highest BCUT2D eigenvalue weighted by molar-refractivity contribution is 7.19. The molecule has 6 nitrogen and oxygen atoms in total. The number of fused-ring (bicyclic) bond motifs is 4. The molecule has 1 aliphatic carbocycles. The van der Waals surface area contributed by atoms with Gasteiger partial charge in [-0.3, -0.25) is 0 Å². The molecule has 5 rings (SSSR count). The molecule has 25 heavy (non-hydrogen) atoms. The van der Waals surface area contributed by atoms with E-state index in [9.17, 15) is 0 Å². The Labute approximate surface area is 148 Å². The quantitative estimate of drug-likeness (QED) is 0.605. The van der Waals surface area contributed by atoms with Crippen LogP contribution in [-0.4, -0.2) is 26.7 Å². The van der Waals surface area contributed by atoms with Crippen molar-refractivity contribution in [1.82, 2.24) is 19.6 Å². The number of anilines is 2. The Morgan fingerprint density at radius 1 is 1.20 bits per heavy atom. The van der Waals surface area contributed by atoms with Gasteiger partial charge >= 0.3 is 0 Å². The fourth-order valence-corrected chi connectivity index (χ4v) is 4.83. The molecule has 0 aliphatic heterocycles. The number of ether oxygens (including phenoxy) is 1. The molecular formula is C18H17N5OS. The van der Waals surface area contributed by atoms with E-state index >= 15 is 0 Å². The van der Waals surface area contributed by atoms with Crippen LogP contribution in [0.2, 0.25) is 0 Å². The average molecular weight is 351 g/mol. The normalized spacial score (nSPS) is 14.0. The fourth-order valence-electron chi connectivity index (χ4n) is 3.60.